The van der Waals surface area contributed by atoms with E-state index in [9.17, 15) is 4.79 Å². The molecule has 1 heterocycles. The zero-order chi connectivity index (χ0) is 21.6. The zero-order valence-corrected chi connectivity index (χ0v) is 17.7. The van der Waals surface area contributed by atoms with Gasteiger partial charge in [0.25, 0.3) is 5.91 Å². The first-order valence-corrected chi connectivity index (χ1v) is 10.4. The second-order valence-corrected chi connectivity index (χ2v) is 7.35. The van der Waals surface area contributed by atoms with Gasteiger partial charge in [-0.05, 0) is 43.7 Å². The standard InChI is InChI=1S/C26H25N3O2/c1-3-24(31-22-15-8-5-9-16-22)26(30)27-25-18-23(20-12-10-11-19(2)17-20)28-29(25)21-13-6-4-7-14-21/h4-18,24H,3H2,1-2H3,(H,27,30)/t24-/m0/s1. The molecular weight excluding hydrogens is 386 g/mol. The van der Waals surface area contributed by atoms with Crippen molar-refractivity contribution in [2.45, 2.75) is 26.4 Å². The van der Waals surface area contributed by atoms with Crippen molar-refractivity contribution in [1.82, 2.24) is 9.78 Å². The maximum absolute atomic E-state index is 13.1. The topological polar surface area (TPSA) is 56.1 Å². The van der Waals surface area contributed by atoms with Crippen molar-refractivity contribution in [3.05, 3.63) is 96.6 Å². The molecule has 3 aromatic carbocycles. The van der Waals surface area contributed by atoms with Crippen molar-refractivity contribution in [1.29, 1.82) is 0 Å². The Balaban J connectivity index is 1.65. The van der Waals surface area contributed by atoms with E-state index in [0.717, 1.165) is 22.5 Å². The minimum atomic E-state index is -0.607. The third kappa shape index (κ3) is 4.83. The van der Waals surface area contributed by atoms with Crippen LogP contribution in [-0.4, -0.2) is 21.8 Å². The van der Waals surface area contributed by atoms with Crippen LogP contribution in [0.4, 0.5) is 5.82 Å². The fourth-order valence-corrected chi connectivity index (χ4v) is 3.37. The first-order chi connectivity index (χ1) is 15.1. The van der Waals surface area contributed by atoms with Crippen LogP contribution in [-0.2, 0) is 4.79 Å². The summed E-state index contributed by atoms with van der Waals surface area (Å²) in [6.07, 6.45) is -0.0609. The summed E-state index contributed by atoms with van der Waals surface area (Å²) in [5, 5.41) is 7.80. The van der Waals surface area contributed by atoms with Crippen LogP contribution < -0.4 is 10.1 Å². The largest absolute Gasteiger partial charge is 0.481 e. The van der Waals surface area contributed by atoms with E-state index in [-0.39, 0.29) is 5.91 Å². The Morgan fingerprint density at radius 2 is 1.68 bits per heavy atom. The molecule has 0 spiro atoms. The molecule has 4 rings (SSSR count). The summed E-state index contributed by atoms with van der Waals surface area (Å²) in [5.74, 6) is 1.06. The molecule has 1 aromatic heterocycles. The smallest absolute Gasteiger partial charge is 0.266 e. The van der Waals surface area contributed by atoms with Crippen molar-refractivity contribution in [2.75, 3.05) is 5.32 Å². The fraction of sp³-hybridized carbons (Fsp3) is 0.154. The van der Waals surface area contributed by atoms with Crippen molar-refractivity contribution in [3.8, 4) is 22.7 Å². The number of aryl methyl sites for hydroxylation is 1. The number of carbonyl (C=O) groups is 1. The van der Waals surface area contributed by atoms with Gasteiger partial charge in [0.2, 0.25) is 0 Å². The highest BCUT2D eigenvalue weighted by molar-refractivity contribution is 5.94. The van der Waals surface area contributed by atoms with Gasteiger partial charge in [-0.1, -0.05) is 67.1 Å². The highest BCUT2D eigenvalue weighted by atomic mass is 16.5. The Hall–Kier alpha value is -3.86. The lowest BCUT2D eigenvalue weighted by Gasteiger charge is -2.17. The minimum absolute atomic E-state index is 0.209. The number of anilines is 1. The Morgan fingerprint density at radius 1 is 0.968 bits per heavy atom. The maximum Gasteiger partial charge on any atom is 0.266 e. The first kappa shape index (κ1) is 20.4. The molecule has 0 unspecified atom stereocenters. The third-order valence-corrected chi connectivity index (χ3v) is 4.96. The van der Waals surface area contributed by atoms with Gasteiger partial charge in [-0.25, -0.2) is 4.68 Å². The minimum Gasteiger partial charge on any atom is -0.481 e. The summed E-state index contributed by atoms with van der Waals surface area (Å²) >= 11 is 0. The molecule has 1 N–H and O–H groups in total. The fourth-order valence-electron chi connectivity index (χ4n) is 3.37. The van der Waals surface area contributed by atoms with Gasteiger partial charge in [-0.2, -0.15) is 5.10 Å². The number of rotatable bonds is 7. The van der Waals surface area contributed by atoms with Gasteiger partial charge in [-0.15, -0.1) is 0 Å². The van der Waals surface area contributed by atoms with Crippen molar-refractivity contribution < 1.29 is 9.53 Å². The summed E-state index contributed by atoms with van der Waals surface area (Å²) in [6.45, 7) is 3.98. The first-order valence-electron chi connectivity index (χ1n) is 10.4. The summed E-state index contributed by atoms with van der Waals surface area (Å²) in [5.41, 5.74) is 3.81. The average Bonchev–Trinajstić information content (AvgIpc) is 3.22. The normalized spacial score (nSPS) is 11.7. The van der Waals surface area contributed by atoms with Crippen LogP contribution in [0.15, 0.2) is 91.0 Å². The number of amides is 1. The molecule has 0 aliphatic carbocycles. The predicted molar refractivity (Wildman–Crippen MR) is 124 cm³/mol. The van der Waals surface area contributed by atoms with Crippen LogP contribution in [0.2, 0.25) is 0 Å². The molecule has 1 atom stereocenters. The van der Waals surface area contributed by atoms with Gasteiger partial charge in [0.15, 0.2) is 6.10 Å². The molecule has 0 aliphatic rings. The van der Waals surface area contributed by atoms with Gasteiger partial charge in [0, 0.05) is 11.6 Å². The van der Waals surface area contributed by atoms with Gasteiger partial charge in [-0.3, -0.25) is 4.79 Å². The molecular formula is C26H25N3O2. The number of nitrogens with one attached hydrogen (secondary N) is 1. The quantitative estimate of drug-likeness (QED) is 0.428. The molecule has 156 valence electrons. The van der Waals surface area contributed by atoms with Crippen molar-refractivity contribution in [2.24, 2.45) is 0 Å². The van der Waals surface area contributed by atoms with E-state index in [1.165, 1.54) is 0 Å². The van der Waals surface area contributed by atoms with Crippen LogP contribution >= 0.6 is 0 Å². The number of carbonyl (C=O) groups excluding carboxylic acids is 1. The van der Waals surface area contributed by atoms with Gasteiger partial charge >= 0.3 is 0 Å². The van der Waals surface area contributed by atoms with Gasteiger partial charge in [0.1, 0.15) is 11.6 Å². The van der Waals surface area contributed by atoms with E-state index >= 15 is 0 Å². The van der Waals surface area contributed by atoms with Crippen LogP contribution in [0, 0.1) is 6.92 Å². The van der Waals surface area contributed by atoms with E-state index in [1.807, 2.05) is 98.8 Å². The molecule has 0 fully saturated rings. The molecule has 31 heavy (non-hydrogen) atoms. The molecule has 0 saturated heterocycles. The second-order valence-electron chi connectivity index (χ2n) is 7.35. The number of para-hydroxylation sites is 2. The highest BCUT2D eigenvalue weighted by Gasteiger charge is 2.21. The lowest BCUT2D eigenvalue weighted by atomic mass is 10.1. The number of hydrogen-bond acceptors (Lipinski definition) is 3. The highest BCUT2D eigenvalue weighted by Crippen LogP contribution is 2.26. The number of hydrogen-bond donors (Lipinski definition) is 1. The number of nitrogens with zero attached hydrogens (tertiary/aromatic N) is 2. The van der Waals surface area contributed by atoms with E-state index in [4.69, 9.17) is 9.84 Å². The Labute approximate surface area is 182 Å². The van der Waals surface area contributed by atoms with Crippen LogP contribution in [0.25, 0.3) is 16.9 Å². The number of aromatic nitrogens is 2. The van der Waals surface area contributed by atoms with Gasteiger partial charge in [0.05, 0.1) is 11.4 Å². The monoisotopic (exact) mass is 411 g/mol. The predicted octanol–water partition coefficient (Wildman–Crippen LogP) is 5.64. The maximum atomic E-state index is 13.1. The number of ether oxygens (including phenoxy) is 1. The molecule has 0 radical (unpaired) electrons. The van der Waals surface area contributed by atoms with Crippen molar-refractivity contribution in [3.63, 3.8) is 0 Å². The molecule has 0 bridgehead atoms. The second kappa shape index (κ2) is 9.30. The van der Waals surface area contributed by atoms with Gasteiger partial charge < -0.3 is 10.1 Å². The zero-order valence-electron chi connectivity index (χ0n) is 17.7. The lowest BCUT2D eigenvalue weighted by Crippen LogP contribution is -2.33. The summed E-state index contributed by atoms with van der Waals surface area (Å²) in [4.78, 5) is 13.1. The van der Waals surface area contributed by atoms with Crippen LogP contribution in [0.1, 0.15) is 18.9 Å². The molecule has 1 amide bonds. The lowest BCUT2D eigenvalue weighted by molar-refractivity contribution is -0.122. The molecule has 0 saturated carbocycles. The molecule has 4 aromatic rings. The molecule has 5 heteroatoms. The Kier molecular flexibility index (Phi) is 6.13. The molecule has 0 aliphatic heterocycles. The molecule has 5 nitrogen and oxygen atoms in total. The van der Waals surface area contributed by atoms with E-state index in [1.54, 1.807) is 4.68 Å². The van der Waals surface area contributed by atoms with E-state index in [0.29, 0.717) is 18.0 Å². The third-order valence-electron chi connectivity index (χ3n) is 4.96. The van der Waals surface area contributed by atoms with E-state index < -0.39 is 6.10 Å². The SMILES string of the molecule is CC[C@H](Oc1ccccc1)C(=O)Nc1cc(-c2cccc(C)c2)nn1-c1ccccc1. The Morgan fingerprint density at radius 3 is 2.35 bits per heavy atom. The summed E-state index contributed by atoms with van der Waals surface area (Å²) < 4.78 is 7.66. The summed E-state index contributed by atoms with van der Waals surface area (Å²) in [6, 6.07) is 29.2. The van der Waals surface area contributed by atoms with Crippen molar-refractivity contribution >= 4 is 11.7 Å². The summed E-state index contributed by atoms with van der Waals surface area (Å²) in [7, 11) is 0. The van der Waals surface area contributed by atoms with E-state index in [2.05, 4.69) is 11.4 Å². The van der Waals surface area contributed by atoms with Crippen LogP contribution in [0.3, 0.4) is 0 Å². The Bertz CT molecular complexity index is 1150. The number of benzene rings is 3. The average molecular weight is 412 g/mol. The van der Waals surface area contributed by atoms with Crippen LogP contribution in [0.5, 0.6) is 5.75 Å².